The summed E-state index contributed by atoms with van der Waals surface area (Å²) in [7, 11) is 0. The Morgan fingerprint density at radius 1 is 0.750 bits per heavy atom. The molecule has 0 aliphatic carbocycles. The number of aromatic amines is 1. The molecule has 3 unspecified atom stereocenters. The molecule has 0 spiro atoms. The lowest BCUT2D eigenvalue weighted by molar-refractivity contribution is 0.375. The Morgan fingerprint density at radius 2 is 1.36 bits per heavy atom. The van der Waals surface area contributed by atoms with Crippen LogP contribution in [0.4, 0.5) is 0 Å². The van der Waals surface area contributed by atoms with Crippen molar-refractivity contribution < 1.29 is 0 Å². The molecule has 0 fully saturated rings. The van der Waals surface area contributed by atoms with Crippen molar-refractivity contribution in [3.63, 3.8) is 0 Å². The fourth-order valence-electron chi connectivity index (χ4n) is 4.59. The maximum Gasteiger partial charge on any atom is 0.123 e. The van der Waals surface area contributed by atoms with E-state index in [1.807, 2.05) is 12.4 Å². The second-order valence-corrected chi connectivity index (χ2v) is 10.5. The Hall–Kier alpha value is -3.61. The number of nitrogens with one attached hydrogen (secondary N) is 3. The predicted molar refractivity (Wildman–Crippen MR) is 150 cm³/mol. The van der Waals surface area contributed by atoms with Crippen LogP contribution >= 0.6 is 0 Å². The van der Waals surface area contributed by atoms with Gasteiger partial charge in [-0.25, -0.2) is 4.98 Å². The van der Waals surface area contributed by atoms with E-state index in [1.54, 1.807) is 0 Å². The normalized spacial score (nSPS) is 17.2. The topological polar surface area (TPSA) is 105 Å². The summed E-state index contributed by atoms with van der Waals surface area (Å²) in [4.78, 5) is 7.86. The van der Waals surface area contributed by atoms with E-state index in [0.29, 0.717) is 11.8 Å². The quantitative estimate of drug-likeness (QED) is 0.245. The van der Waals surface area contributed by atoms with Gasteiger partial charge in [0.05, 0.1) is 23.6 Å². The van der Waals surface area contributed by atoms with Gasteiger partial charge in [-0.15, -0.1) is 0 Å². The average Bonchev–Trinajstić information content (AvgIpc) is 3.58. The Kier molecular flexibility index (Phi) is 6.56. The third kappa shape index (κ3) is 4.74. The van der Waals surface area contributed by atoms with Crippen molar-refractivity contribution in [3.05, 3.63) is 84.4 Å². The molecule has 7 N–H and O–H groups in total. The number of imidazole rings is 1. The average molecular weight is 481 g/mol. The van der Waals surface area contributed by atoms with Crippen molar-refractivity contribution in [2.24, 2.45) is 23.3 Å². The summed E-state index contributed by atoms with van der Waals surface area (Å²) >= 11 is 0. The highest BCUT2D eigenvalue weighted by Gasteiger charge is 2.24. The second-order valence-electron chi connectivity index (χ2n) is 10.5. The summed E-state index contributed by atoms with van der Waals surface area (Å²) < 4.78 is 0. The molecule has 2 heterocycles. The van der Waals surface area contributed by atoms with E-state index in [4.69, 9.17) is 11.5 Å². The molecule has 0 amide bonds. The number of hydrogen-bond donors (Lipinski definition) is 5. The number of fused-ring (bicyclic) bond motifs is 1. The van der Waals surface area contributed by atoms with E-state index in [9.17, 15) is 0 Å². The van der Waals surface area contributed by atoms with Crippen LogP contribution in [0.25, 0.3) is 38.9 Å². The van der Waals surface area contributed by atoms with Crippen molar-refractivity contribution in [1.82, 2.24) is 20.6 Å². The first-order valence-electron chi connectivity index (χ1n) is 12.7. The lowest BCUT2D eigenvalue weighted by Gasteiger charge is -2.24. The van der Waals surface area contributed by atoms with Gasteiger partial charge in [0.25, 0.3) is 0 Å². The Morgan fingerprint density at radius 3 is 2.03 bits per heavy atom. The van der Waals surface area contributed by atoms with Crippen molar-refractivity contribution in [3.8, 4) is 22.4 Å². The molecule has 0 saturated carbocycles. The molecule has 4 aromatic rings. The molecule has 3 atom stereocenters. The van der Waals surface area contributed by atoms with Crippen molar-refractivity contribution >= 4 is 16.5 Å². The first-order valence-corrected chi connectivity index (χ1v) is 12.7. The SMILES string of the molecule is CC(C)C(N)c1ncc(-c2ccc(-c3ccc4cc(C5=CNC(C(N)C(C)C)N5)ccc4c3)cc2)[nH]1. The highest BCUT2D eigenvalue weighted by Crippen LogP contribution is 2.29. The van der Waals surface area contributed by atoms with Crippen LogP contribution in [0.15, 0.2) is 73.1 Å². The Balaban J connectivity index is 1.33. The molecule has 6 heteroatoms. The fourth-order valence-corrected chi connectivity index (χ4v) is 4.59. The van der Waals surface area contributed by atoms with E-state index >= 15 is 0 Å². The zero-order valence-electron chi connectivity index (χ0n) is 21.4. The minimum Gasteiger partial charge on any atom is -0.368 e. The number of aromatic nitrogens is 2. The van der Waals surface area contributed by atoms with Crippen LogP contribution in [-0.4, -0.2) is 22.2 Å². The van der Waals surface area contributed by atoms with E-state index in [2.05, 4.69) is 109 Å². The van der Waals surface area contributed by atoms with Gasteiger partial charge in [0.2, 0.25) is 0 Å². The molecule has 36 heavy (non-hydrogen) atoms. The molecular weight excluding hydrogens is 444 g/mol. The first kappa shape index (κ1) is 24.1. The summed E-state index contributed by atoms with van der Waals surface area (Å²) in [5.74, 6) is 1.56. The van der Waals surface area contributed by atoms with Gasteiger partial charge >= 0.3 is 0 Å². The highest BCUT2D eigenvalue weighted by molar-refractivity contribution is 5.90. The van der Waals surface area contributed by atoms with Gasteiger partial charge in [0.1, 0.15) is 12.0 Å². The highest BCUT2D eigenvalue weighted by atomic mass is 15.2. The standard InChI is InChI=1S/C30H36N6/c1-17(2)27(31)29-33-15-25(35-29)20-7-5-19(6-8-20)21-9-10-23-14-24(12-11-22(23)13-21)26-16-34-30(36-26)28(32)18(3)4/h5-18,27-28,30,34,36H,31-32H2,1-4H3,(H,33,35). The largest absolute Gasteiger partial charge is 0.368 e. The van der Waals surface area contributed by atoms with Crippen molar-refractivity contribution in [2.45, 2.75) is 45.9 Å². The molecule has 0 bridgehead atoms. The zero-order valence-corrected chi connectivity index (χ0v) is 21.4. The lowest BCUT2D eigenvalue weighted by Crippen LogP contribution is -2.50. The molecule has 1 aliphatic rings. The summed E-state index contributed by atoms with van der Waals surface area (Å²) in [5.41, 5.74) is 19.2. The van der Waals surface area contributed by atoms with Crippen LogP contribution in [0, 0.1) is 11.8 Å². The molecule has 0 saturated heterocycles. The van der Waals surface area contributed by atoms with Gasteiger partial charge in [0.15, 0.2) is 0 Å². The lowest BCUT2D eigenvalue weighted by atomic mass is 9.98. The van der Waals surface area contributed by atoms with Crippen LogP contribution in [0.1, 0.15) is 45.1 Å². The molecule has 1 aromatic heterocycles. The monoisotopic (exact) mass is 480 g/mol. The third-order valence-electron chi connectivity index (χ3n) is 7.18. The van der Waals surface area contributed by atoms with Crippen LogP contribution in [-0.2, 0) is 0 Å². The van der Waals surface area contributed by atoms with Crippen LogP contribution < -0.4 is 22.1 Å². The number of nitrogens with two attached hydrogens (primary N) is 2. The molecule has 5 rings (SSSR count). The van der Waals surface area contributed by atoms with Gasteiger partial charge in [-0.3, -0.25) is 0 Å². The van der Waals surface area contributed by atoms with Gasteiger partial charge in [-0.05, 0) is 57.0 Å². The maximum atomic E-state index is 6.32. The van der Waals surface area contributed by atoms with Crippen molar-refractivity contribution in [1.29, 1.82) is 0 Å². The Bertz CT molecular complexity index is 1380. The smallest absolute Gasteiger partial charge is 0.123 e. The first-order chi connectivity index (χ1) is 17.3. The zero-order chi connectivity index (χ0) is 25.4. The molecule has 1 aliphatic heterocycles. The molecule has 186 valence electrons. The number of rotatable bonds is 7. The number of H-pyrrole nitrogens is 1. The third-order valence-corrected chi connectivity index (χ3v) is 7.18. The van der Waals surface area contributed by atoms with E-state index < -0.39 is 0 Å². The number of hydrogen-bond acceptors (Lipinski definition) is 5. The van der Waals surface area contributed by atoms with Gasteiger partial charge in [-0.2, -0.15) is 0 Å². The summed E-state index contributed by atoms with van der Waals surface area (Å²) in [5, 5.41) is 9.33. The van der Waals surface area contributed by atoms with Crippen LogP contribution in [0.2, 0.25) is 0 Å². The number of nitrogens with zero attached hydrogens (tertiary/aromatic N) is 1. The van der Waals surface area contributed by atoms with Gasteiger partial charge in [-0.1, -0.05) is 76.2 Å². The van der Waals surface area contributed by atoms with Gasteiger partial charge in [0, 0.05) is 12.2 Å². The maximum absolute atomic E-state index is 6.32. The summed E-state index contributed by atoms with van der Waals surface area (Å²) in [6.07, 6.45) is 3.95. The molecular formula is C30H36N6. The minimum atomic E-state index is -0.0906. The summed E-state index contributed by atoms with van der Waals surface area (Å²) in [6, 6.07) is 21.7. The molecule has 3 aromatic carbocycles. The van der Waals surface area contributed by atoms with Crippen molar-refractivity contribution in [2.75, 3.05) is 0 Å². The fraction of sp³-hybridized carbons (Fsp3) is 0.300. The predicted octanol–water partition coefficient (Wildman–Crippen LogP) is 5.35. The second kappa shape index (κ2) is 9.80. The number of benzene rings is 3. The van der Waals surface area contributed by atoms with E-state index in [1.165, 1.54) is 21.9 Å². The van der Waals surface area contributed by atoms with Crippen LogP contribution in [0.3, 0.4) is 0 Å². The van der Waals surface area contributed by atoms with E-state index in [0.717, 1.165) is 28.3 Å². The van der Waals surface area contributed by atoms with Gasteiger partial charge < -0.3 is 27.1 Å². The molecule has 0 radical (unpaired) electrons. The van der Waals surface area contributed by atoms with E-state index in [-0.39, 0.29) is 18.2 Å². The minimum absolute atomic E-state index is 0.0427. The summed E-state index contributed by atoms with van der Waals surface area (Å²) in [6.45, 7) is 8.49. The Labute approximate surface area is 213 Å². The molecule has 6 nitrogen and oxygen atoms in total. The van der Waals surface area contributed by atoms with Crippen LogP contribution in [0.5, 0.6) is 0 Å².